The van der Waals surface area contributed by atoms with Crippen molar-refractivity contribution in [3.63, 3.8) is 0 Å². The number of nitrogens with zero attached hydrogens (tertiary/aromatic N) is 4. The molecule has 176 valence electrons. The summed E-state index contributed by atoms with van der Waals surface area (Å²) >= 11 is 0. The second kappa shape index (κ2) is 10.2. The van der Waals surface area contributed by atoms with Gasteiger partial charge in [0, 0.05) is 7.05 Å². The van der Waals surface area contributed by atoms with Crippen molar-refractivity contribution in [3.8, 4) is 5.75 Å². The number of ether oxygens (including phenoxy) is 1. The van der Waals surface area contributed by atoms with Gasteiger partial charge in [0.1, 0.15) is 18.5 Å². The fraction of sp³-hybridized carbons (Fsp3) is 0.250. The number of anilines is 1. The number of nitrogens with one attached hydrogen (secondary N) is 2. The Morgan fingerprint density at radius 1 is 1.18 bits per heavy atom. The fourth-order valence-corrected chi connectivity index (χ4v) is 3.48. The van der Waals surface area contributed by atoms with E-state index >= 15 is 0 Å². The number of rotatable bonds is 9. The molecule has 4 rings (SSSR count). The predicted molar refractivity (Wildman–Crippen MR) is 131 cm³/mol. The lowest BCUT2D eigenvalue weighted by molar-refractivity contribution is 0.0938. The van der Waals surface area contributed by atoms with Crippen LogP contribution in [0.4, 0.5) is 5.95 Å². The topological polar surface area (TPSA) is 127 Å². The first-order valence-electron chi connectivity index (χ1n) is 10.9. The zero-order valence-electron chi connectivity index (χ0n) is 18.9. The van der Waals surface area contributed by atoms with Crippen molar-refractivity contribution in [1.29, 1.82) is 0 Å². The monoisotopic (exact) mass is 462 g/mol. The van der Waals surface area contributed by atoms with Gasteiger partial charge in [0.25, 0.3) is 5.56 Å². The van der Waals surface area contributed by atoms with Gasteiger partial charge in [-0.3, -0.25) is 14.3 Å². The third-order valence-corrected chi connectivity index (χ3v) is 5.35. The zero-order valence-corrected chi connectivity index (χ0v) is 18.9. The molecule has 0 spiro atoms. The lowest BCUT2D eigenvalue weighted by atomic mass is 10.2. The van der Waals surface area contributed by atoms with E-state index in [1.165, 1.54) is 21.7 Å². The van der Waals surface area contributed by atoms with Crippen LogP contribution >= 0.6 is 0 Å². The summed E-state index contributed by atoms with van der Waals surface area (Å²) < 4.78 is 8.43. The van der Waals surface area contributed by atoms with Gasteiger partial charge >= 0.3 is 5.69 Å². The minimum atomic E-state index is -0.960. The van der Waals surface area contributed by atoms with Crippen LogP contribution < -0.4 is 21.4 Å². The first-order chi connectivity index (χ1) is 16.5. The van der Waals surface area contributed by atoms with Gasteiger partial charge in [-0.1, -0.05) is 49.4 Å². The number of aliphatic hydroxyl groups is 1. The number of aromatic amines is 1. The zero-order chi connectivity index (χ0) is 24.1. The van der Waals surface area contributed by atoms with Gasteiger partial charge in [-0.25, -0.2) is 10.2 Å². The number of aryl methyl sites for hydroxylation is 2. The van der Waals surface area contributed by atoms with Gasteiger partial charge in [-0.15, -0.1) is 0 Å². The van der Waals surface area contributed by atoms with Gasteiger partial charge in [0.2, 0.25) is 5.95 Å². The molecule has 0 radical (unpaired) electrons. The minimum absolute atomic E-state index is 0.00152. The Hall–Kier alpha value is -4.18. The summed E-state index contributed by atoms with van der Waals surface area (Å²) in [6.07, 6.45) is 1.57. The lowest BCUT2D eigenvalue weighted by Gasteiger charge is -2.15. The van der Waals surface area contributed by atoms with Crippen molar-refractivity contribution in [2.75, 3.05) is 12.0 Å². The number of imidazole rings is 1. The molecular formula is C24H26N6O4. The third-order valence-electron chi connectivity index (χ3n) is 5.35. The Balaban J connectivity index is 1.59. The average Bonchev–Trinajstić information content (AvgIpc) is 3.21. The molecule has 2 heterocycles. The molecular weight excluding hydrogens is 436 g/mol. The second-order valence-electron chi connectivity index (χ2n) is 7.78. The van der Waals surface area contributed by atoms with Crippen LogP contribution in [-0.2, 0) is 20.0 Å². The van der Waals surface area contributed by atoms with Gasteiger partial charge in [-0.2, -0.15) is 10.1 Å². The third kappa shape index (κ3) is 5.07. The summed E-state index contributed by atoms with van der Waals surface area (Å²) in [5, 5.41) is 14.9. The van der Waals surface area contributed by atoms with E-state index in [1.807, 2.05) is 54.6 Å². The summed E-state index contributed by atoms with van der Waals surface area (Å²) in [5.41, 5.74) is 4.01. The highest BCUT2D eigenvalue weighted by Gasteiger charge is 2.20. The van der Waals surface area contributed by atoms with Crippen molar-refractivity contribution in [2.45, 2.75) is 26.0 Å². The minimum Gasteiger partial charge on any atom is -0.491 e. The maximum absolute atomic E-state index is 12.6. The lowest BCUT2D eigenvalue weighted by Crippen LogP contribution is -2.30. The Bertz CT molecular complexity index is 1400. The molecule has 1 unspecified atom stereocenters. The van der Waals surface area contributed by atoms with Gasteiger partial charge in [0.05, 0.1) is 12.8 Å². The molecule has 0 amide bonds. The Morgan fingerprint density at radius 3 is 2.62 bits per heavy atom. The van der Waals surface area contributed by atoms with Crippen LogP contribution in [0.15, 0.2) is 69.3 Å². The molecule has 3 N–H and O–H groups in total. The van der Waals surface area contributed by atoms with E-state index in [0.717, 1.165) is 12.0 Å². The number of hydrogen-bond acceptors (Lipinski definition) is 7. The van der Waals surface area contributed by atoms with E-state index in [1.54, 1.807) is 6.21 Å². The molecule has 0 saturated carbocycles. The molecule has 0 aliphatic carbocycles. The normalized spacial score (nSPS) is 12.3. The van der Waals surface area contributed by atoms with Crippen LogP contribution in [0.2, 0.25) is 0 Å². The van der Waals surface area contributed by atoms with Crippen molar-refractivity contribution < 1.29 is 9.84 Å². The summed E-state index contributed by atoms with van der Waals surface area (Å²) in [4.78, 5) is 31.3. The number of benzene rings is 2. The SMILES string of the molecule is CCc1ccc(OCC(O)Cn2c(N/N=C/c3ccccc3)nc3c2c(=O)[nH]c(=O)n3C)cc1. The molecule has 0 aliphatic rings. The molecule has 0 fully saturated rings. The van der Waals surface area contributed by atoms with Crippen molar-refractivity contribution in [1.82, 2.24) is 19.1 Å². The number of hydrogen-bond donors (Lipinski definition) is 3. The highest BCUT2D eigenvalue weighted by atomic mass is 16.5. The van der Waals surface area contributed by atoms with Crippen molar-refractivity contribution >= 4 is 23.3 Å². The number of hydrazone groups is 1. The molecule has 34 heavy (non-hydrogen) atoms. The largest absolute Gasteiger partial charge is 0.491 e. The fourth-order valence-electron chi connectivity index (χ4n) is 3.48. The summed E-state index contributed by atoms with van der Waals surface area (Å²) in [5.74, 6) is 0.845. The second-order valence-corrected chi connectivity index (χ2v) is 7.78. The maximum Gasteiger partial charge on any atom is 0.329 e. The highest BCUT2D eigenvalue weighted by molar-refractivity contribution is 5.80. The van der Waals surface area contributed by atoms with Gasteiger partial charge in [-0.05, 0) is 29.7 Å². The first-order valence-corrected chi connectivity index (χ1v) is 10.9. The van der Waals surface area contributed by atoms with Crippen molar-refractivity contribution in [2.24, 2.45) is 12.1 Å². The molecule has 4 aromatic rings. The van der Waals surface area contributed by atoms with E-state index in [2.05, 4.69) is 27.4 Å². The number of fused-ring (bicyclic) bond motifs is 1. The Labute approximate surface area is 195 Å². The van der Waals surface area contributed by atoms with Gasteiger partial charge < -0.3 is 14.4 Å². The Morgan fingerprint density at radius 2 is 1.91 bits per heavy atom. The van der Waals surface area contributed by atoms with Crippen molar-refractivity contribution in [3.05, 3.63) is 86.6 Å². The smallest absolute Gasteiger partial charge is 0.329 e. The number of aromatic nitrogens is 4. The van der Waals surface area contributed by atoms with Crippen LogP contribution in [0.1, 0.15) is 18.1 Å². The highest BCUT2D eigenvalue weighted by Crippen LogP contribution is 2.17. The van der Waals surface area contributed by atoms with E-state index in [9.17, 15) is 14.7 Å². The molecule has 1 atom stereocenters. The molecule has 0 saturated heterocycles. The van der Waals surface area contributed by atoms with Crippen LogP contribution in [0.5, 0.6) is 5.75 Å². The summed E-state index contributed by atoms with van der Waals surface area (Å²) in [7, 11) is 1.51. The Kier molecular flexibility index (Phi) is 6.88. The molecule has 10 nitrogen and oxygen atoms in total. The van der Waals surface area contributed by atoms with Crippen LogP contribution in [-0.4, -0.2) is 43.1 Å². The van der Waals surface area contributed by atoms with Crippen LogP contribution in [0, 0.1) is 0 Å². The first kappa shape index (κ1) is 23.0. The average molecular weight is 463 g/mol. The predicted octanol–water partition coefficient (Wildman–Crippen LogP) is 1.87. The molecule has 0 aliphatic heterocycles. The van der Waals surface area contributed by atoms with Crippen LogP contribution in [0.3, 0.4) is 0 Å². The number of aliphatic hydroxyl groups excluding tert-OH is 1. The maximum atomic E-state index is 12.6. The standard InChI is InChI=1S/C24H26N6O4/c1-3-16-9-11-19(12-10-16)34-15-18(31)14-30-20-21(29(2)24(33)27-22(20)32)26-23(30)28-25-13-17-7-5-4-6-8-17/h4-13,18,31H,3,14-15H2,1-2H3,(H,26,28)(H,27,32,33)/b25-13+. The van der Waals surface area contributed by atoms with E-state index < -0.39 is 17.4 Å². The summed E-state index contributed by atoms with van der Waals surface area (Å²) in [6, 6.07) is 17.1. The van der Waals surface area contributed by atoms with E-state index in [-0.39, 0.29) is 30.3 Å². The summed E-state index contributed by atoms with van der Waals surface area (Å²) in [6.45, 7) is 2.07. The quantitative estimate of drug-likeness (QED) is 0.258. The van der Waals surface area contributed by atoms with E-state index in [4.69, 9.17) is 4.74 Å². The molecule has 2 aromatic carbocycles. The molecule has 10 heteroatoms. The molecule has 2 aromatic heterocycles. The number of H-pyrrole nitrogens is 1. The van der Waals surface area contributed by atoms with Gasteiger partial charge in [0.15, 0.2) is 11.2 Å². The molecule has 0 bridgehead atoms. The van der Waals surface area contributed by atoms with Crippen LogP contribution in [0.25, 0.3) is 11.2 Å². The van der Waals surface area contributed by atoms with E-state index in [0.29, 0.717) is 5.75 Å².